The summed E-state index contributed by atoms with van der Waals surface area (Å²) in [6.07, 6.45) is 3.73. The van der Waals surface area contributed by atoms with E-state index in [9.17, 15) is 14.7 Å². The van der Waals surface area contributed by atoms with Gasteiger partial charge in [0, 0.05) is 23.5 Å². The van der Waals surface area contributed by atoms with Gasteiger partial charge in [-0.15, -0.1) is 13.2 Å². The van der Waals surface area contributed by atoms with E-state index in [1.165, 1.54) is 4.90 Å². The van der Waals surface area contributed by atoms with Crippen molar-refractivity contribution < 1.29 is 33.8 Å². The van der Waals surface area contributed by atoms with Crippen LogP contribution in [0.15, 0.2) is 128 Å². The normalized spacial score (nSPS) is 24.6. The molecule has 3 aliphatic heterocycles. The molecule has 4 aromatic carbocycles. The minimum Gasteiger partial charge on any atom is -0.463 e. The van der Waals surface area contributed by atoms with Crippen molar-refractivity contribution in [3.63, 3.8) is 0 Å². The quantitative estimate of drug-likeness (QED) is 0.0799. The van der Waals surface area contributed by atoms with Crippen LogP contribution in [0.3, 0.4) is 0 Å². The first-order chi connectivity index (χ1) is 27.2. The van der Waals surface area contributed by atoms with Gasteiger partial charge in [0.25, 0.3) is 5.91 Å². The van der Waals surface area contributed by atoms with Crippen LogP contribution < -0.4 is 10.2 Å². The van der Waals surface area contributed by atoms with Crippen molar-refractivity contribution in [1.82, 2.24) is 10.2 Å². The molecule has 0 aliphatic carbocycles. The van der Waals surface area contributed by atoms with Gasteiger partial charge in [-0.2, -0.15) is 0 Å². The third kappa shape index (κ3) is 7.43. The lowest BCUT2D eigenvalue weighted by Gasteiger charge is -2.39. The van der Waals surface area contributed by atoms with E-state index in [1.54, 1.807) is 17.1 Å². The van der Waals surface area contributed by atoms with Gasteiger partial charge in [0.05, 0.1) is 36.6 Å². The molecule has 0 saturated carbocycles. The molecule has 290 valence electrons. The summed E-state index contributed by atoms with van der Waals surface area (Å²) in [5.41, 5.74) is 0.825. The lowest BCUT2D eigenvalue weighted by atomic mass is 9.70. The highest BCUT2D eigenvalue weighted by molar-refractivity contribution is 9.09. The van der Waals surface area contributed by atoms with E-state index in [0.717, 1.165) is 21.9 Å². The fraction of sp³-hybridized carbons (Fsp3) is 0.333. The van der Waals surface area contributed by atoms with E-state index in [1.807, 2.05) is 103 Å². The van der Waals surface area contributed by atoms with E-state index in [4.69, 9.17) is 9.47 Å². The van der Waals surface area contributed by atoms with Crippen LogP contribution in [0.4, 0.5) is 5.69 Å². The second-order valence-electron chi connectivity index (χ2n) is 14.7. The van der Waals surface area contributed by atoms with E-state index >= 15 is 9.59 Å². The van der Waals surface area contributed by atoms with Crippen LogP contribution >= 0.6 is 15.9 Å². The summed E-state index contributed by atoms with van der Waals surface area (Å²) >= 11 is 3.78. The number of aliphatic hydroxyl groups is 1. The highest BCUT2D eigenvalue weighted by Gasteiger charge is 2.77. The summed E-state index contributed by atoms with van der Waals surface area (Å²) in [5, 5.41) is 16.0. The fourth-order valence-electron chi connectivity index (χ4n) is 8.76. The molecule has 3 heterocycles. The third-order valence-corrected chi connectivity index (χ3v) is 12.1. The van der Waals surface area contributed by atoms with Crippen LogP contribution in [0, 0.1) is 11.8 Å². The summed E-state index contributed by atoms with van der Waals surface area (Å²) in [6.45, 7) is 7.22. The third-order valence-electron chi connectivity index (χ3n) is 11.3. The lowest BCUT2D eigenvalue weighted by Crippen LogP contribution is -2.59. The number of rotatable bonds is 16. The van der Waals surface area contributed by atoms with Gasteiger partial charge in [-0.3, -0.25) is 19.2 Å². The van der Waals surface area contributed by atoms with Gasteiger partial charge in [-0.1, -0.05) is 119 Å². The summed E-state index contributed by atoms with van der Waals surface area (Å²) in [7, 11) is 0. The number of nitrogens with one attached hydrogen (secondary N) is 1. The zero-order valence-corrected chi connectivity index (χ0v) is 32.6. The molecular formula is C45H46BrN3O7. The zero-order chi connectivity index (χ0) is 39.4. The Morgan fingerprint density at radius 3 is 2.38 bits per heavy atom. The molecular weight excluding hydrogens is 774 g/mol. The number of nitrogens with zero attached hydrogens (tertiary/aromatic N) is 2. The maximum absolute atomic E-state index is 15.3. The number of hydrogen-bond donors (Lipinski definition) is 2. The largest absolute Gasteiger partial charge is 0.463 e. The number of fused-ring (bicyclic) bond motifs is 2. The van der Waals surface area contributed by atoms with Gasteiger partial charge in [0.15, 0.2) is 0 Å². The molecule has 10 nitrogen and oxygen atoms in total. The average Bonchev–Trinajstić information content (AvgIpc) is 3.83. The number of carbonyl (C=O) groups is 4. The smallest absolute Gasteiger partial charge is 0.306 e. The van der Waals surface area contributed by atoms with Crippen LogP contribution in [0.25, 0.3) is 10.8 Å². The molecule has 11 heteroatoms. The predicted molar refractivity (Wildman–Crippen MR) is 218 cm³/mol. The Morgan fingerprint density at radius 2 is 1.68 bits per heavy atom. The molecule has 3 amide bonds. The minimum atomic E-state index is -1.39. The molecule has 0 aromatic heterocycles. The second-order valence-corrected chi connectivity index (χ2v) is 15.9. The van der Waals surface area contributed by atoms with Crippen LogP contribution in [0.1, 0.15) is 36.4 Å². The predicted octanol–water partition coefficient (Wildman–Crippen LogP) is 6.08. The number of benzene rings is 4. The van der Waals surface area contributed by atoms with Crippen molar-refractivity contribution in [3.8, 4) is 0 Å². The van der Waals surface area contributed by atoms with Crippen molar-refractivity contribution >= 4 is 56.1 Å². The van der Waals surface area contributed by atoms with Gasteiger partial charge in [0.1, 0.15) is 18.2 Å². The Bertz CT molecular complexity index is 2100. The highest BCUT2D eigenvalue weighted by atomic mass is 79.9. The van der Waals surface area contributed by atoms with Crippen molar-refractivity contribution in [3.05, 3.63) is 140 Å². The van der Waals surface area contributed by atoms with E-state index in [2.05, 4.69) is 34.4 Å². The summed E-state index contributed by atoms with van der Waals surface area (Å²) < 4.78 is 12.5. The van der Waals surface area contributed by atoms with Gasteiger partial charge < -0.3 is 29.7 Å². The number of aliphatic hydroxyl groups excluding tert-OH is 1. The molecule has 3 fully saturated rings. The highest BCUT2D eigenvalue weighted by Crippen LogP contribution is 2.60. The number of anilines is 1. The first-order valence-corrected chi connectivity index (χ1v) is 19.9. The maximum atomic E-state index is 15.3. The Balaban J connectivity index is 1.27. The monoisotopic (exact) mass is 819 g/mol. The molecule has 3 saturated heterocycles. The molecule has 2 bridgehead atoms. The standard InChI is InChI=1S/C45H46BrN3O7/c1-3-5-20-37(51)55-28-36(31-17-10-7-11-18-31)47-42(52)38-39-43(53)49(34(27-50)24-29-14-8-6-9-15-29)41(45(39)26-35(46)40(38)56-45)44(54)48(23-4-2)33-22-21-30-16-12-13-19-32(30)25-33/h3-4,6-19,21-22,25,34-36,38-41,50H,1-2,5,20,23-24,26-28H2,(H,47,52)/t34-,35?,36+,38-,39+,40-,41-,45+/m1/s1. The SMILES string of the molecule is C=CCCC(=O)OC[C@H](NC(=O)[C@H]1[C@@H]2O[C@@]3(CC2Br)[C@@H]1C(=O)N([C@@H](CO)Cc1ccccc1)[C@@H]3C(=O)N(CC=C)c1ccc2ccccc2c1)c1ccccc1. The van der Waals surface area contributed by atoms with Crippen LogP contribution in [0.5, 0.6) is 0 Å². The summed E-state index contributed by atoms with van der Waals surface area (Å²) in [6, 6.07) is 29.6. The van der Waals surface area contributed by atoms with E-state index in [-0.39, 0.29) is 37.2 Å². The number of allylic oxidation sites excluding steroid dienone is 1. The van der Waals surface area contributed by atoms with Gasteiger partial charge in [-0.25, -0.2) is 0 Å². The number of alkyl halides is 1. The molecule has 56 heavy (non-hydrogen) atoms. The molecule has 1 unspecified atom stereocenters. The first-order valence-electron chi connectivity index (χ1n) is 19.0. The molecule has 8 atom stereocenters. The maximum Gasteiger partial charge on any atom is 0.306 e. The first kappa shape index (κ1) is 39.1. The Labute approximate surface area is 335 Å². The average molecular weight is 821 g/mol. The number of halogens is 1. The summed E-state index contributed by atoms with van der Waals surface area (Å²) in [4.78, 5) is 60.4. The Hall–Kier alpha value is -5.10. The number of amides is 3. The number of hydrogen-bond acceptors (Lipinski definition) is 7. The number of carbonyl (C=O) groups excluding carboxylic acids is 4. The van der Waals surface area contributed by atoms with Gasteiger partial charge in [0.2, 0.25) is 11.8 Å². The Morgan fingerprint density at radius 1 is 0.982 bits per heavy atom. The van der Waals surface area contributed by atoms with Gasteiger partial charge in [-0.05, 0) is 53.3 Å². The fourth-order valence-corrected chi connectivity index (χ4v) is 9.71. The van der Waals surface area contributed by atoms with Crippen LogP contribution in [0.2, 0.25) is 0 Å². The summed E-state index contributed by atoms with van der Waals surface area (Å²) in [5.74, 6) is -3.72. The van der Waals surface area contributed by atoms with Crippen LogP contribution in [-0.4, -0.2) is 82.1 Å². The molecule has 0 radical (unpaired) electrons. The number of likely N-dealkylation sites (tertiary alicyclic amines) is 1. The van der Waals surface area contributed by atoms with Crippen molar-refractivity contribution in [2.75, 3.05) is 24.7 Å². The van der Waals surface area contributed by atoms with Crippen molar-refractivity contribution in [2.24, 2.45) is 11.8 Å². The van der Waals surface area contributed by atoms with E-state index < -0.39 is 72.0 Å². The lowest BCUT2D eigenvalue weighted by molar-refractivity contribution is -0.146. The van der Waals surface area contributed by atoms with Gasteiger partial charge >= 0.3 is 5.97 Å². The molecule has 3 aliphatic rings. The van der Waals surface area contributed by atoms with Crippen molar-refractivity contribution in [2.45, 2.75) is 60.3 Å². The van der Waals surface area contributed by atoms with Crippen molar-refractivity contribution in [1.29, 1.82) is 0 Å². The van der Waals surface area contributed by atoms with E-state index in [0.29, 0.717) is 12.1 Å². The number of esters is 1. The molecule has 4 aromatic rings. The topological polar surface area (TPSA) is 125 Å². The van der Waals surface area contributed by atoms with Crippen LogP contribution in [-0.2, 0) is 35.1 Å². The Kier molecular flexibility index (Phi) is 11.8. The molecule has 2 N–H and O–H groups in total. The molecule has 1 spiro atoms. The number of ether oxygens (including phenoxy) is 2. The zero-order valence-electron chi connectivity index (χ0n) is 31.0. The second kappa shape index (κ2) is 17.0. The minimum absolute atomic E-state index is 0.120. The molecule has 7 rings (SSSR count).